The summed E-state index contributed by atoms with van der Waals surface area (Å²) in [6.07, 6.45) is 3.93. The number of likely N-dealkylation sites (tertiary alicyclic amines) is 1. The van der Waals surface area contributed by atoms with Crippen LogP contribution in [-0.2, 0) is 20.7 Å². The maximum absolute atomic E-state index is 12.4. The molecule has 218 valence electrons. The van der Waals surface area contributed by atoms with E-state index in [0.717, 1.165) is 24.1 Å². The Morgan fingerprint density at radius 3 is 2.32 bits per heavy atom. The van der Waals surface area contributed by atoms with E-state index in [9.17, 15) is 9.59 Å². The molecule has 41 heavy (non-hydrogen) atoms. The highest BCUT2D eigenvalue weighted by Crippen LogP contribution is 2.33. The molecule has 2 aromatic carbocycles. The summed E-state index contributed by atoms with van der Waals surface area (Å²) in [7, 11) is 2.96. The fourth-order valence-corrected chi connectivity index (χ4v) is 5.03. The Bertz CT molecular complexity index is 1300. The SMILES string of the molecule is COC(=O)CC(Cc1ccccc1)c1nc(Nc2ccc(C3CCN(C(=O)OC(C)(C)C)CC3)cc2)ncc1OC. The number of nitrogens with one attached hydrogen (secondary N) is 1. The lowest BCUT2D eigenvalue weighted by Gasteiger charge is -2.33. The number of carbonyl (C=O) groups excluding carboxylic acids is 2. The summed E-state index contributed by atoms with van der Waals surface area (Å²) in [6.45, 7) is 7.01. The van der Waals surface area contributed by atoms with Crippen molar-refractivity contribution in [3.05, 3.63) is 77.6 Å². The molecule has 1 aliphatic rings. The molecule has 1 atom stereocenters. The van der Waals surface area contributed by atoms with Gasteiger partial charge in [0.2, 0.25) is 5.95 Å². The summed E-state index contributed by atoms with van der Waals surface area (Å²) in [5.41, 5.74) is 3.33. The first kappa shape index (κ1) is 29.8. The zero-order valence-electron chi connectivity index (χ0n) is 24.6. The van der Waals surface area contributed by atoms with E-state index in [-0.39, 0.29) is 24.4 Å². The topological polar surface area (TPSA) is 103 Å². The molecule has 0 spiro atoms. The first-order valence-corrected chi connectivity index (χ1v) is 14.0. The number of hydrogen-bond donors (Lipinski definition) is 1. The fourth-order valence-electron chi connectivity index (χ4n) is 5.03. The van der Waals surface area contributed by atoms with Crippen molar-refractivity contribution in [1.29, 1.82) is 0 Å². The van der Waals surface area contributed by atoms with Crippen LogP contribution in [0, 0.1) is 0 Å². The molecular formula is C32H40N4O5. The molecule has 0 saturated carbocycles. The van der Waals surface area contributed by atoms with E-state index in [2.05, 4.69) is 22.4 Å². The third-order valence-corrected chi connectivity index (χ3v) is 7.14. The third kappa shape index (κ3) is 8.42. The molecule has 3 aromatic rings. The van der Waals surface area contributed by atoms with E-state index in [1.165, 1.54) is 12.7 Å². The minimum Gasteiger partial charge on any atom is -0.493 e. The highest BCUT2D eigenvalue weighted by atomic mass is 16.6. The molecule has 1 saturated heterocycles. The molecule has 0 radical (unpaired) electrons. The van der Waals surface area contributed by atoms with Gasteiger partial charge in [-0.1, -0.05) is 42.5 Å². The summed E-state index contributed by atoms with van der Waals surface area (Å²) in [5, 5.41) is 3.29. The van der Waals surface area contributed by atoms with Crippen LogP contribution < -0.4 is 10.1 Å². The molecule has 1 aromatic heterocycles. The number of amides is 1. The molecule has 0 bridgehead atoms. The Hall–Kier alpha value is -4.14. The van der Waals surface area contributed by atoms with Crippen LogP contribution in [-0.4, -0.2) is 59.8 Å². The van der Waals surface area contributed by atoms with E-state index >= 15 is 0 Å². The maximum atomic E-state index is 12.4. The van der Waals surface area contributed by atoms with Crippen molar-refractivity contribution in [3.63, 3.8) is 0 Å². The van der Waals surface area contributed by atoms with Gasteiger partial charge in [-0.2, -0.15) is 0 Å². The Morgan fingerprint density at radius 1 is 1.02 bits per heavy atom. The fraction of sp³-hybridized carbons (Fsp3) is 0.438. The predicted molar refractivity (Wildman–Crippen MR) is 158 cm³/mol. The van der Waals surface area contributed by atoms with Crippen LogP contribution in [0.1, 0.15) is 68.7 Å². The predicted octanol–water partition coefficient (Wildman–Crippen LogP) is 6.23. The Kier molecular flexibility index (Phi) is 9.81. The Labute approximate surface area is 242 Å². The van der Waals surface area contributed by atoms with E-state index in [0.29, 0.717) is 42.8 Å². The molecule has 9 heteroatoms. The highest BCUT2D eigenvalue weighted by Gasteiger charge is 2.28. The van der Waals surface area contributed by atoms with Crippen LogP contribution in [0.25, 0.3) is 0 Å². The number of aromatic nitrogens is 2. The number of methoxy groups -OCH3 is 2. The number of benzene rings is 2. The molecule has 1 fully saturated rings. The number of nitrogens with zero attached hydrogens (tertiary/aromatic N) is 3. The number of hydrogen-bond acceptors (Lipinski definition) is 8. The van der Waals surface area contributed by atoms with Crippen molar-refractivity contribution in [2.45, 2.75) is 63.9 Å². The van der Waals surface area contributed by atoms with Crippen molar-refractivity contribution in [3.8, 4) is 5.75 Å². The smallest absolute Gasteiger partial charge is 0.410 e. The highest BCUT2D eigenvalue weighted by molar-refractivity contribution is 5.70. The van der Waals surface area contributed by atoms with E-state index in [4.69, 9.17) is 19.2 Å². The molecule has 1 N–H and O–H groups in total. The van der Waals surface area contributed by atoms with Crippen molar-refractivity contribution in [1.82, 2.24) is 14.9 Å². The van der Waals surface area contributed by atoms with Gasteiger partial charge >= 0.3 is 12.1 Å². The Balaban J connectivity index is 1.44. The molecule has 4 rings (SSSR count). The second-order valence-corrected chi connectivity index (χ2v) is 11.3. The number of rotatable bonds is 9. The molecule has 1 unspecified atom stereocenters. The molecule has 1 aliphatic heterocycles. The first-order chi connectivity index (χ1) is 19.6. The van der Waals surface area contributed by atoms with Gasteiger partial charge in [0.05, 0.1) is 32.5 Å². The number of ether oxygens (including phenoxy) is 3. The minimum absolute atomic E-state index is 0.166. The van der Waals surface area contributed by atoms with Crippen molar-refractivity contribution in [2.24, 2.45) is 0 Å². The summed E-state index contributed by atoms with van der Waals surface area (Å²) in [5.74, 6) is 0.755. The summed E-state index contributed by atoms with van der Waals surface area (Å²) in [4.78, 5) is 35.7. The van der Waals surface area contributed by atoms with Gasteiger partial charge in [-0.15, -0.1) is 0 Å². The van der Waals surface area contributed by atoms with E-state index in [1.54, 1.807) is 18.2 Å². The number of piperidine rings is 1. The van der Waals surface area contributed by atoms with Crippen molar-refractivity contribution < 1.29 is 23.8 Å². The number of anilines is 2. The van der Waals surface area contributed by atoms with Gasteiger partial charge < -0.3 is 24.4 Å². The third-order valence-electron chi connectivity index (χ3n) is 7.14. The van der Waals surface area contributed by atoms with Crippen LogP contribution in [0.2, 0.25) is 0 Å². The normalized spacial score (nSPS) is 14.7. The van der Waals surface area contributed by atoms with Gasteiger partial charge in [0.25, 0.3) is 0 Å². The molecule has 2 heterocycles. The monoisotopic (exact) mass is 560 g/mol. The lowest BCUT2D eigenvalue weighted by molar-refractivity contribution is -0.141. The maximum Gasteiger partial charge on any atom is 0.410 e. The quantitative estimate of drug-likeness (QED) is 0.307. The van der Waals surface area contributed by atoms with Gasteiger partial charge in [0.15, 0.2) is 5.75 Å². The van der Waals surface area contributed by atoms with Crippen LogP contribution in [0.15, 0.2) is 60.8 Å². The summed E-state index contributed by atoms with van der Waals surface area (Å²) < 4.78 is 16.1. The van der Waals surface area contributed by atoms with Crippen molar-refractivity contribution in [2.75, 3.05) is 32.6 Å². The lowest BCUT2D eigenvalue weighted by Crippen LogP contribution is -2.41. The van der Waals surface area contributed by atoms with Gasteiger partial charge in [0.1, 0.15) is 5.60 Å². The van der Waals surface area contributed by atoms with E-state index in [1.807, 2.05) is 63.2 Å². The zero-order valence-corrected chi connectivity index (χ0v) is 24.6. The van der Waals surface area contributed by atoms with Crippen LogP contribution in [0.5, 0.6) is 5.75 Å². The Morgan fingerprint density at radius 2 is 1.71 bits per heavy atom. The average Bonchev–Trinajstić information content (AvgIpc) is 2.97. The van der Waals surface area contributed by atoms with Gasteiger partial charge in [-0.05, 0) is 69.2 Å². The van der Waals surface area contributed by atoms with Crippen LogP contribution in [0.4, 0.5) is 16.4 Å². The number of esters is 1. The molecule has 1 amide bonds. The van der Waals surface area contributed by atoms with Gasteiger partial charge in [0, 0.05) is 24.7 Å². The second kappa shape index (κ2) is 13.5. The zero-order chi connectivity index (χ0) is 29.4. The first-order valence-electron chi connectivity index (χ1n) is 14.0. The van der Waals surface area contributed by atoms with Gasteiger partial charge in [-0.25, -0.2) is 14.8 Å². The van der Waals surface area contributed by atoms with Crippen molar-refractivity contribution >= 4 is 23.7 Å². The summed E-state index contributed by atoms with van der Waals surface area (Å²) >= 11 is 0. The second-order valence-electron chi connectivity index (χ2n) is 11.3. The molecule has 0 aliphatic carbocycles. The number of carbonyl (C=O) groups is 2. The standard InChI is InChI=1S/C32H40N4O5/c1-32(2,3)41-31(38)36-17-15-24(16-18-36)23-11-13-26(14-12-23)34-30-33-21-27(39-4)29(35-30)25(20-28(37)40-5)19-22-9-7-6-8-10-22/h6-14,21,24-25H,15-20H2,1-5H3,(H,33,34,35). The van der Waals surface area contributed by atoms with E-state index < -0.39 is 5.60 Å². The average molecular weight is 561 g/mol. The summed E-state index contributed by atoms with van der Waals surface area (Å²) in [6, 6.07) is 18.2. The molecular weight excluding hydrogens is 520 g/mol. The van der Waals surface area contributed by atoms with Gasteiger partial charge in [-0.3, -0.25) is 4.79 Å². The largest absolute Gasteiger partial charge is 0.493 e. The molecule has 9 nitrogen and oxygen atoms in total. The lowest BCUT2D eigenvalue weighted by atomic mass is 9.89. The van der Waals surface area contributed by atoms with Crippen LogP contribution >= 0.6 is 0 Å². The minimum atomic E-state index is -0.491. The van der Waals surface area contributed by atoms with Crippen LogP contribution in [0.3, 0.4) is 0 Å².